The fraction of sp³-hybridized carbons (Fsp3) is 0.500. The van der Waals surface area contributed by atoms with E-state index in [1.54, 1.807) is 12.1 Å². The van der Waals surface area contributed by atoms with Gasteiger partial charge in [-0.1, -0.05) is 20.8 Å². The SMILES string of the molecule is CC(C)(C)C1CN(c2ccc(C(=O)NCC(=O)O)cc2)C1. The molecular weight excluding hydrogens is 268 g/mol. The Bertz CT molecular complexity index is 525. The number of benzene rings is 1. The zero-order valence-electron chi connectivity index (χ0n) is 12.7. The predicted octanol–water partition coefficient (Wildman–Crippen LogP) is 1.98. The van der Waals surface area contributed by atoms with E-state index in [0.29, 0.717) is 16.9 Å². The Balaban J connectivity index is 1.91. The van der Waals surface area contributed by atoms with Crippen LogP contribution in [0.25, 0.3) is 0 Å². The summed E-state index contributed by atoms with van der Waals surface area (Å²) in [6.07, 6.45) is 0. The molecule has 0 radical (unpaired) electrons. The molecule has 1 saturated heterocycles. The standard InChI is InChI=1S/C16H22N2O3/c1-16(2,3)12-9-18(10-12)13-6-4-11(5-7-13)15(21)17-8-14(19)20/h4-7,12H,8-10H2,1-3H3,(H,17,21)(H,19,20). The van der Waals surface area contributed by atoms with Gasteiger partial charge in [0, 0.05) is 24.3 Å². The van der Waals surface area contributed by atoms with E-state index >= 15 is 0 Å². The molecule has 21 heavy (non-hydrogen) atoms. The Hall–Kier alpha value is -2.04. The Kier molecular flexibility index (Phi) is 4.21. The second-order valence-electron chi connectivity index (χ2n) is 6.59. The highest BCUT2D eigenvalue weighted by Crippen LogP contribution is 2.36. The van der Waals surface area contributed by atoms with Crippen molar-refractivity contribution in [3.05, 3.63) is 29.8 Å². The molecule has 0 saturated carbocycles. The molecule has 1 fully saturated rings. The number of aliphatic carboxylic acids is 1. The molecule has 0 unspecified atom stereocenters. The third-order valence-electron chi connectivity index (χ3n) is 4.00. The van der Waals surface area contributed by atoms with Crippen molar-refractivity contribution in [2.24, 2.45) is 11.3 Å². The number of anilines is 1. The summed E-state index contributed by atoms with van der Waals surface area (Å²) in [5, 5.41) is 10.9. The first-order chi connectivity index (χ1) is 9.77. The first kappa shape index (κ1) is 15.4. The van der Waals surface area contributed by atoms with Crippen LogP contribution in [0.4, 0.5) is 5.69 Å². The van der Waals surface area contributed by atoms with Crippen molar-refractivity contribution in [2.75, 3.05) is 24.5 Å². The lowest BCUT2D eigenvalue weighted by molar-refractivity contribution is -0.135. The van der Waals surface area contributed by atoms with Gasteiger partial charge in [0.25, 0.3) is 5.91 Å². The van der Waals surface area contributed by atoms with Crippen molar-refractivity contribution >= 4 is 17.6 Å². The molecule has 1 heterocycles. The summed E-state index contributed by atoms with van der Waals surface area (Å²) >= 11 is 0. The monoisotopic (exact) mass is 290 g/mol. The predicted molar refractivity (Wildman–Crippen MR) is 81.6 cm³/mol. The second kappa shape index (κ2) is 5.76. The zero-order valence-corrected chi connectivity index (χ0v) is 12.7. The molecular formula is C16H22N2O3. The van der Waals surface area contributed by atoms with E-state index in [4.69, 9.17) is 5.11 Å². The van der Waals surface area contributed by atoms with Crippen molar-refractivity contribution in [1.82, 2.24) is 5.32 Å². The van der Waals surface area contributed by atoms with Crippen LogP contribution in [0.2, 0.25) is 0 Å². The van der Waals surface area contributed by atoms with Crippen molar-refractivity contribution in [1.29, 1.82) is 0 Å². The van der Waals surface area contributed by atoms with Crippen molar-refractivity contribution in [3.8, 4) is 0 Å². The van der Waals surface area contributed by atoms with Gasteiger partial charge in [-0.2, -0.15) is 0 Å². The summed E-state index contributed by atoms with van der Waals surface area (Å²) < 4.78 is 0. The highest BCUT2D eigenvalue weighted by Gasteiger charge is 2.35. The minimum absolute atomic E-state index is 0.327. The van der Waals surface area contributed by atoms with Crippen LogP contribution in [-0.2, 0) is 4.79 Å². The molecule has 0 bridgehead atoms. The van der Waals surface area contributed by atoms with E-state index < -0.39 is 5.97 Å². The smallest absolute Gasteiger partial charge is 0.322 e. The van der Waals surface area contributed by atoms with Gasteiger partial charge in [-0.05, 0) is 35.6 Å². The zero-order chi connectivity index (χ0) is 15.6. The number of amides is 1. The molecule has 0 spiro atoms. The van der Waals surface area contributed by atoms with Crippen LogP contribution >= 0.6 is 0 Å². The van der Waals surface area contributed by atoms with Gasteiger partial charge in [-0.3, -0.25) is 9.59 Å². The molecule has 1 aliphatic rings. The van der Waals surface area contributed by atoms with E-state index in [0.717, 1.165) is 18.8 Å². The summed E-state index contributed by atoms with van der Waals surface area (Å²) in [6, 6.07) is 7.29. The number of carboxylic acids is 1. The fourth-order valence-electron chi connectivity index (χ4n) is 2.32. The number of nitrogens with zero attached hydrogens (tertiary/aromatic N) is 1. The van der Waals surface area contributed by atoms with Crippen LogP contribution < -0.4 is 10.2 Å². The van der Waals surface area contributed by atoms with Gasteiger partial charge in [0.1, 0.15) is 6.54 Å². The van der Waals surface area contributed by atoms with Crippen LogP contribution in [0.5, 0.6) is 0 Å². The third kappa shape index (κ3) is 3.74. The fourth-order valence-corrected chi connectivity index (χ4v) is 2.32. The molecule has 1 aromatic rings. The maximum atomic E-state index is 11.7. The van der Waals surface area contributed by atoms with E-state index in [2.05, 4.69) is 31.0 Å². The number of nitrogens with one attached hydrogen (secondary N) is 1. The lowest BCUT2D eigenvalue weighted by Gasteiger charge is -2.47. The molecule has 2 rings (SSSR count). The Morgan fingerprint density at radius 1 is 1.24 bits per heavy atom. The van der Waals surface area contributed by atoms with E-state index in [-0.39, 0.29) is 12.5 Å². The van der Waals surface area contributed by atoms with Crippen LogP contribution in [0.3, 0.4) is 0 Å². The number of hydrogen-bond acceptors (Lipinski definition) is 3. The molecule has 0 atom stereocenters. The Morgan fingerprint density at radius 2 is 1.81 bits per heavy atom. The minimum Gasteiger partial charge on any atom is -0.480 e. The molecule has 2 N–H and O–H groups in total. The molecule has 5 heteroatoms. The number of carboxylic acid groups (broad SMARTS) is 1. The summed E-state index contributed by atoms with van der Waals surface area (Å²) in [4.78, 5) is 24.4. The van der Waals surface area contributed by atoms with Crippen LogP contribution in [0.15, 0.2) is 24.3 Å². The number of carbonyl (C=O) groups is 2. The quantitative estimate of drug-likeness (QED) is 0.889. The Labute approximate surface area is 125 Å². The highest BCUT2D eigenvalue weighted by molar-refractivity contribution is 5.96. The van der Waals surface area contributed by atoms with Gasteiger partial charge in [0.15, 0.2) is 0 Å². The summed E-state index contributed by atoms with van der Waals surface area (Å²) in [5.74, 6) is -0.718. The largest absolute Gasteiger partial charge is 0.480 e. The van der Waals surface area contributed by atoms with E-state index in [1.165, 1.54) is 0 Å². The topological polar surface area (TPSA) is 69.6 Å². The van der Waals surface area contributed by atoms with Gasteiger partial charge in [-0.15, -0.1) is 0 Å². The van der Waals surface area contributed by atoms with Crippen LogP contribution in [0, 0.1) is 11.3 Å². The maximum Gasteiger partial charge on any atom is 0.322 e. The molecule has 0 aliphatic carbocycles. The molecule has 0 aromatic heterocycles. The van der Waals surface area contributed by atoms with Crippen LogP contribution in [0.1, 0.15) is 31.1 Å². The van der Waals surface area contributed by atoms with Crippen molar-refractivity contribution < 1.29 is 14.7 Å². The normalized spacial score (nSPS) is 15.5. The molecule has 5 nitrogen and oxygen atoms in total. The van der Waals surface area contributed by atoms with Gasteiger partial charge in [0.05, 0.1) is 0 Å². The van der Waals surface area contributed by atoms with Gasteiger partial charge < -0.3 is 15.3 Å². The van der Waals surface area contributed by atoms with Gasteiger partial charge in [0.2, 0.25) is 0 Å². The van der Waals surface area contributed by atoms with Crippen molar-refractivity contribution in [2.45, 2.75) is 20.8 Å². The Morgan fingerprint density at radius 3 is 2.29 bits per heavy atom. The average molecular weight is 290 g/mol. The summed E-state index contributed by atoms with van der Waals surface area (Å²) in [7, 11) is 0. The number of rotatable bonds is 4. The first-order valence-electron chi connectivity index (χ1n) is 7.12. The maximum absolute atomic E-state index is 11.7. The lowest BCUT2D eigenvalue weighted by atomic mass is 9.76. The minimum atomic E-state index is -1.05. The second-order valence-corrected chi connectivity index (χ2v) is 6.59. The highest BCUT2D eigenvalue weighted by atomic mass is 16.4. The third-order valence-corrected chi connectivity index (χ3v) is 4.00. The van der Waals surface area contributed by atoms with Gasteiger partial charge >= 0.3 is 5.97 Å². The molecule has 1 aromatic carbocycles. The summed E-state index contributed by atoms with van der Waals surface area (Å²) in [6.45, 7) is 8.47. The molecule has 1 amide bonds. The van der Waals surface area contributed by atoms with Crippen LogP contribution in [-0.4, -0.2) is 36.6 Å². The summed E-state index contributed by atoms with van der Waals surface area (Å²) in [5.41, 5.74) is 1.91. The lowest BCUT2D eigenvalue weighted by Crippen LogP contribution is -2.52. The first-order valence-corrected chi connectivity index (χ1v) is 7.12. The van der Waals surface area contributed by atoms with E-state index in [1.807, 2.05) is 12.1 Å². The van der Waals surface area contributed by atoms with Gasteiger partial charge in [-0.25, -0.2) is 0 Å². The molecule has 114 valence electrons. The molecule has 1 aliphatic heterocycles. The number of hydrogen-bond donors (Lipinski definition) is 2. The van der Waals surface area contributed by atoms with Crippen molar-refractivity contribution in [3.63, 3.8) is 0 Å². The average Bonchev–Trinajstić information content (AvgIpc) is 2.33. The van der Waals surface area contributed by atoms with E-state index in [9.17, 15) is 9.59 Å². The number of carbonyl (C=O) groups excluding carboxylic acids is 1.